The second-order valence-corrected chi connectivity index (χ2v) is 7.62. The number of hydrogen-bond acceptors (Lipinski definition) is 6. The summed E-state index contributed by atoms with van der Waals surface area (Å²) in [7, 11) is 0. The van der Waals surface area contributed by atoms with Gasteiger partial charge in [-0.2, -0.15) is 0 Å². The average Bonchev–Trinajstić information content (AvgIpc) is 2.88. The SMILES string of the molecule is [2H]C([2H])(O)COCCN1CCN(C2=Nc3ccccc3Sc3ccccc32)CC1. The van der Waals surface area contributed by atoms with Crippen molar-refractivity contribution in [2.45, 2.75) is 9.79 Å². The molecule has 1 fully saturated rings. The van der Waals surface area contributed by atoms with Crippen LogP contribution in [-0.4, -0.2) is 73.2 Å². The molecule has 4 rings (SSSR count). The van der Waals surface area contributed by atoms with Crippen LogP contribution in [0.3, 0.4) is 0 Å². The van der Waals surface area contributed by atoms with Crippen LogP contribution in [0.5, 0.6) is 0 Å². The Balaban J connectivity index is 1.43. The number of hydrogen-bond donors (Lipinski definition) is 1. The molecule has 0 atom stereocenters. The van der Waals surface area contributed by atoms with Crippen LogP contribution in [0.2, 0.25) is 0 Å². The highest BCUT2D eigenvalue weighted by Crippen LogP contribution is 2.40. The number of nitrogens with zero attached hydrogens (tertiary/aromatic N) is 3. The number of aliphatic imine (C=N–C) groups is 1. The zero-order chi connectivity index (χ0) is 20.3. The second-order valence-electron chi connectivity index (χ2n) is 6.54. The molecule has 1 N–H and O–H groups in total. The molecule has 6 heteroatoms. The van der Waals surface area contributed by atoms with Crippen LogP contribution >= 0.6 is 11.8 Å². The first kappa shape index (κ1) is 16.1. The molecule has 2 aromatic carbocycles. The summed E-state index contributed by atoms with van der Waals surface area (Å²) in [5.41, 5.74) is 2.19. The lowest BCUT2D eigenvalue weighted by Crippen LogP contribution is -2.49. The first-order valence-electron chi connectivity index (χ1n) is 10.2. The third-order valence-electron chi connectivity index (χ3n) is 4.83. The Bertz CT molecular complexity index is 880. The lowest BCUT2D eigenvalue weighted by Gasteiger charge is -2.36. The van der Waals surface area contributed by atoms with E-state index in [4.69, 9.17) is 17.6 Å². The monoisotopic (exact) mass is 385 g/mol. The van der Waals surface area contributed by atoms with E-state index in [-0.39, 0.29) is 6.61 Å². The highest BCUT2D eigenvalue weighted by atomic mass is 32.2. The molecular weight excluding hydrogens is 358 g/mol. The minimum Gasteiger partial charge on any atom is -0.394 e. The van der Waals surface area contributed by atoms with E-state index < -0.39 is 6.56 Å². The van der Waals surface area contributed by atoms with Gasteiger partial charge in [-0.15, -0.1) is 0 Å². The van der Waals surface area contributed by atoms with Gasteiger partial charge in [-0.25, -0.2) is 4.99 Å². The summed E-state index contributed by atoms with van der Waals surface area (Å²) in [6.07, 6.45) is 0. The molecule has 0 bridgehead atoms. The number of para-hydroxylation sites is 1. The number of benzene rings is 2. The molecule has 1 saturated heterocycles. The molecule has 0 aromatic heterocycles. The fraction of sp³-hybridized carbons (Fsp3) is 0.381. The van der Waals surface area contributed by atoms with Gasteiger partial charge in [-0.05, 0) is 18.2 Å². The van der Waals surface area contributed by atoms with E-state index in [1.807, 2.05) is 6.07 Å². The van der Waals surface area contributed by atoms with Gasteiger partial charge in [-0.3, -0.25) is 4.90 Å². The molecule has 0 amide bonds. The van der Waals surface area contributed by atoms with E-state index in [2.05, 4.69) is 52.3 Å². The van der Waals surface area contributed by atoms with Crippen LogP contribution in [-0.2, 0) is 4.74 Å². The first-order valence-corrected chi connectivity index (χ1v) is 10.0. The number of aliphatic hydroxyl groups is 1. The van der Waals surface area contributed by atoms with Gasteiger partial charge in [-0.1, -0.05) is 42.1 Å². The van der Waals surface area contributed by atoms with Crippen LogP contribution < -0.4 is 0 Å². The van der Waals surface area contributed by atoms with Gasteiger partial charge in [0, 0.05) is 48.1 Å². The fourth-order valence-corrected chi connectivity index (χ4v) is 4.42. The number of amidine groups is 1. The minimum atomic E-state index is -2.27. The zero-order valence-electron chi connectivity index (χ0n) is 17.2. The Kier molecular flexibility index (Phi) is 5.31. The van der Waals surface area contributed by atoms with E-state index >= 15 is 0 Å². The first-order chi connectivity index (χ1) is 14.0. The van der Waals surface area contributed by atoms with Crippen LogP contribution in [0.4, 0.5) is 5.69 Å². The van der Waals surface area contributed by atoms with Gasteiger partial charge in [0.2, 0.25) is 0 Å². The van der Waals surface area contributed by atoms with Crippen molar-refractivity contribution < 1.29 is 12.6 Å². The third-order valence-corrected chi connectivity index (χ3v) is 5.97. The largest absolute Gasteiger partial charge is 0.394 e. The lowest BCUT2D eigenvalue weighted by atomic mass is 10.1. The van der Waals surface area contributed by atoms with Crippen molar-refractivity contribution in [1.29, 1.82) is 0 Å². The topological polar surface area (TPSA) is 48.3 Å². The number of fused-ring (bicyclic) bond motifs is 2. The van der Waals surface area contributed by atoms with Crippen molar-refractivity contribution in [3.8, 4) is 0 Å². The van der Waals surface area contributed by atoms with Gasteiger partial charge >= 0.3 is 0 Å². The summed E-state index contributed by atoms with van der Waals surface area (Å²) in [4.78, 5) is 12.1. The van der Waals surface area contributed by atoms with E-state index in [0.717, 1.165) is 44.2 Å². The molecule has 2 aromatic rings. The normalized spacial score (nSPS) is 18.7. The molecule has 142 valence electrons. The number of ether oxygens (including phenoxy) is 1. The molecule has 2 aliphatic heterocycles. The van der Waals surface area contributed by atoms with Gasteiger partial charge < -0.3 is 14.7 Å². The second kappa shape index (κ2) is 8.89. The molecule has 2 aliphatic rings. The summed E-state index contributed by atoms with van der Waals surface area (Å²) in [5, 5.41) is 9.08. The molecule has 0 unspecified atom stereocenters. The smallest absolute Gasteiger partial charge is 0.137 e. The molecular formula is C21H25N3O2S. The van der Waals surface area contributed by atoms with Crippen LogP contribution in [0, 0.1) is 0 Å². The van der Waals surface area contributed by atoms with Crippen LogP contribution in [0.15, 0.2) is 63.3 Å². The van der Waals surface area contributed by atoms with E-state index in [1.165, 1.54) is 15.4 Å². The predicted molar refractivity (Wildman–Crippen MR) is 109 cm³/mol. The van der Waals surface area contributed by atoms with Crippen molar-refractivity contribution >= 4 is 23.3 Å². The third kappa shape index (κ3) is 4.35. The highest BCUT2D eigenvalue weighted by Gasteiger charge is 2.24. The summed E-state index contributed by atoms with van der Waals surface area (Å²) in [6.45, 7) is 2.12. The van der Waals surface area contributed by atoms with Crippen molar-refractivity contribution in [3.05, 3.63) is 54.1 Å². The van der Waals surface area contributed by atoms with Crippen molar-refractivity contribution in [3.63, 3.8) is 0 Å². The van der Waals surface area contributed by atoms with Crippen LogP contribution in [0.1, 0.15) is 8.30 Å². The maximum Gasteiger partial charge on any atom is 0.137 e. The Morgan fingerprint density at radius 2 is 1.74 bits per heavy atom. The number of piperazine rings is 1. The zero-order valence-corrected chi connectivity index (χ0v) is 16.0. The van der Waals surface area contributed by atoms with Gasteiger partial charge in [0.1, 0.15) is 5.84 Å². The molecule has 27 heavy (non-hydrogen) atoms. The van der Waals surface area contributed by atoms with Gasteiger partial charge in [0.25, 0.3) is 0 Å². The van der Waals surface area contributed by atoms with Gasteiger partial charge in [0.15, 0.2) is 0 Å². The molecule has 0 radical (unpaired) electrons. The summed E-state index contributed by atoms with van der Waals surface area (Å²) in [5.74, 6) is 1.03. The minimum absolute atomic E-state index is 0.294. The fourth-order valence-electron chi connectivity index (χ4n) is 3.40. The van der Waals surface area contributed by atoms with E-state index in [0.29, 0.717) is 6.61 Å². The Morgan fingerprint density at radius 3 is 2.56 bits per heavy atom. The molecule has 0 saturated carbocycles. The summed E-state index contributed by atoms with van der Waals surface area (Å²) >= 11 is 1.77. The molecule has 0 spiro atoms. The Hall–Kier alpha value is -1.86. The van der Waals surface area contributed by atoms with Crippen molar-refractivity contribution in [1.82, 2.24) is 9.80 Å². The van der Waals surface area contributed by atoms with E-state index in [9.17, 15) is 0 Å². The van der Waals surface area contributed by atoms with Crippen LogP contribution in [0.25, 0.3) is 0 Å². The Labute approximate surface area is 167 Å². The Morgan fingerprint density at radius 1 is 1.00 bits per heavy atom. The highest BCUT2D eigenvalue weighted by molar-refractivity contribution is 7.99. The molecule has 5 nitrogen and oxygen atoms in total. The molecule has 2 heterocycles. The standard InChI is InChI=1S/C21H25N3O2S/c25-14-16-26-15-13-23-9-11-24(12-10-23)21-17-5-1-3-7-19(17)27-20-8-4-2-6-18(20)22-21/h1-8,25H,9-16H2/i14D2. The summed E-state index contributed by atoms with van der Waals surface area (Å²) in [6, 6.07) is 16.7. The van der Waals surface area contributed by atoms with Crippen molar-refractivity contribution in [2.75, 3.05) is 52.5 Å². The predicted octanol–water partition coefficient (Wildman–Crippen LogP) is 2.86. The van der Waals surface area contributed by atoms with Crippen molar-refractivity contribution in [2.24, 2.45) is 4.99 Å². The van der Waals surface area contributed by atoms with Gasteiger partial charge in [0.05, 0.1) is 28.2 Å². The molecule has 0 aliphatic carbocycles. The maximum atomic E-state index is 9.08. The average molecular weight is 386 g/mol. The van der Waals surface area contributed by atoms with E-state index in [1.54, 1.807) is 11.8 Å². The maximum absolute atomic E-state index is 9.08. The summed E-state index contributed by atoms with van der Waals surface area (Å²) < 4.78 is 19.4. The quantitative estimate of drug-likeness (QED) is 0.802. The number of rotatable bonds is 5. The lowest BCUT2D eigenvalue weighted by molar-refractivity contribution is 0.0652.